The summed E-state index contributed by atoms with van der Waals surface area (Å²) in [5.74, 6) is -0.467. The van der Waals surface area contributed by atoms with Crippen LogP contribution in [0.1, 0.15) is 31.1 Å². The van der Waals surface area contributed by atoms with E-state index in [0.717, 1.165) is 0 Å². The number of rotatable bonds is 1. The molecule has 8 nitrogen and oxygen atoms in total. The number of phenolic OH excluding ortho intramolecular Hbond substituents is 1. The first-order valence-electron chi connectivity index (χ1n) is 8.68. The van der Waals surface area contributed by atoms with Crippen molar-refractivity contribution in [2.75, 3.05) is 26.2 Å². The molecule has 0 aliphatic carbocycles. The topological polar surface area (TPSA) is 100 Å². The van der Waals surface area contributed by atoms with Crippen LogP contribution in [0.5, 0.6) is 5.75 Å². The zero-order valence-electron chi connectivity index (χ0n) is 15.5. The molecule has 1 saturated heterocycles. The van der Waals surface area contributed by atoms with E-state index in [2.05, 4.69) is 0 Å². The van der Waals surface area contributed by atoms with Gasteiger partial charge in [-0.05, 0) is 39.0 Å². The summed E-state index contributed by atoms with van der Waals surface area (Å²) in [5, 5.41) is 10.0. The maximum Gasteiger partial charge on any atom is 0.410 e. The minimum absolute atomic E-state index is 0.0250. The number of ether oxygens (including phenoxy) is 1. The van der Waals surface area contributed by atoms with E-state index in [1.54, 1.807) is 31.7 Å². The maximum absolute atomic E-state index is 12.7. The number of carbonyl (C=O) groups is 2. The van der Waals surface area contributed by atoms with Gasteiger partial charge in [0.15, 0.2) is 0 Å². The zero-order chi connectivity index (χ0) is 19.8. The van der Waals surface area contributed by atoms with E-state index in [4.69, 9.17) is 9.15 Å². The Morgan fingerprint density at radius 3 is 2.33 bits per heavy atom. The fraction of sp³-hybridized carbons (Fsp3) is 0.421. The Balaban J connectivity index is 1.72. The monoisotopic (exact) mass is 374 g/mol. The first-order valence-corrected chi connectivity index (χ1v) is 8.68. The maximum atomic E-state index is 12.7. The molecule has 0 spiro atoms. The van der Waals surface area contributed by atoms with E-state index in [-0.39, 0.29) is 16.9 Å². The summed E-state index contributed by atoms with van der Waals surface area (Å²) >= 11 is 0. The minimum Gasteiger partial charge on any atom is -0.508 e. The van der Waals surface area contributed by atoms with Crippen molar-refractivity contribution in [2.45, 2.75) is 26.4 Å². The van der Waals surface area contributed by atoms with Crippen LogP contribution in [-0.4, -0.2) is 58.7 Å². The van der Waals surface area contributed by atoms with Gasteiger partial charge in [0.05, 0.1) is 0 Å². The van der Waals surface area contributed by atoms with Crippen molar-refractivity contribution < 1.29 is 23.8 Å². The molecule has 1 aromatic heterocycles. The minimum atomic E-state index is -0.757. The number of piperazine rings is 1. The molecule has 2 amide bonds. The molecule has 1 aliphatic rings. The Morgan fingerprint density at radius 1 is 1.07 bits per heavy atom. The number of carbonyl (C=O) groups excluding carboxylic acids is 2. The van der Waals surface area contributed by atoms with Crippen molar-refractivity contribution >= 4 is 23.0 Å². The summed E-state index contributed by atoms with van der Waals surface area (Å²) in [4.78, 5) is 40.1. The van der Waals surface area contributed by atoms with Gasteiger partial charge in [-0.3, -0.25) is 4.79 Å². The predicted molar refractivity (Wildman–Crippen MR) is 97.9 cm³/mol. The highest BCUT2D eigenvalue weighted by Crippen LogP contribution is 2.20. The van der Waals surface area contributed by atoms with Gasteiger partial charge < -0.3 is 24.1 Å². The number of phenols is 1. The summed E-state index contributed by atoms with van der Waals surface area (Å²) in [6, 6.07) is 5.81. The van der Waals surface area contributed by atoms with E-state index < -0.39 is 23.2 Å². The molecule has 0 saturated carbocycles. The number of benzene rings is 1. The molecule has 0 bridgehead atoms. The summed E-state index contributed by atoms with van der Waals surface area (Å²) in [6.45, 7) is 6.63. The van der Waals surface area contributed by atoms with Gasteiger partial charge in [0.1, 0.15) is 22.5 Å². The Hall–Kier alpha value is -3.03. The van der Waals surface area contributed by atoms with Crippen LogP contribution in [0.25, 0.3) is 11.0 Å². The Bertz CT molecular complexity index is 935. The molecule has 2 heterocycles. The zero-order valence-corrected chi connectivity index (χ0v) is 15.5. The van der Waals surface area contributed by atoms with Gasteiger partial charge in [-0.2, -0.15) is 0 Å². The highest BCUT2D eigenvalue weighted by Gasteiger charge is 2.29. The SMILES string of the molecule is CC(C)(C)OC(=O)N1CCN(C(=O)c2cc3ccc(O)cc3oc2=O)CC1. The van der Waals surface area contributed by atoms with Crippen molar-refractivity contribution in [3.05, 3.63) is 40.2 Å². The highest BCUT2D eigenvalue weighted by molar-refractivity contribution is 5.96. The molecule has 2 aromatic rings. The predicted octanol–water partition coefficient (Wildman–Crippen LogP) is 2.19. The first kappa shape index (κ1) is 18.8. The quantitative estimate of drug-likeness (QED) is 0.768. The van der Waals surface area contributed by atoms with Gasteiger partial charge in [-0.1, -0.05) is 0 Å². The lowest BCUT2D eigenvalue weighted by atomic mass is 10.1. The molecule has 0 radical (unpaired) electrons. The van der Waals surface area contributed by atoms with Gasteiger partial charge in [-0.15, -0.1) is 0 Å². The second kappa shape index (κ2) is 6.94. The number of hydrogen-bond acceptors (Lipinski definition) is 6. The van der Waals surface area contributed by atoms with Crippen LogP contribution in [0.4, 0.5) is 4.79 Å². The molecule has 0 unspecified atom stereocenters. The average Bonchev–Trinajstić information content (AvgIpc) is 2.59. The van der Waals surface area contributed by atoms with Crippen LogP contribution in [0.2, 0.25) is 0 Å². The third-order valence-corrected chi connectivity index (χ3v) is 4.17. The largest absolute Gasteiger partial charge is 0.508 e. The molecule has 1 aromatic carbocycles. The Kier molecular flexibility index (Phi) is 4.82. The normalized spacial score (nSPS) is 15.1. The molecule has 3 rings (SSSR count). The molecule has 8 heteroatoms. The molecule has 0 atom stereocenters. The first-order chi connectivity index (χ1) is 12.6. The van der Waals surface area contributed by atoms with Gasteiger partial charge in [0.25, 0.3) is 5.91 Å². The van der Waals surface area contributed by atoms with Crippen molar-refractivity contribution in [1.29, 1.82) is 0 Å². The van der Waals surface area contributed by atoms with Crippen molar-refractivity contribution in [1.82, 2.24) is 9.80 Å². The van der Waals surface area contributed by atoms with E-state index in [9.17, 15) is 19.5 Å². The molecular formula is C19H22N2O6. The summed E-state index contributed by atoms with van der Waals surface area (Å²) in [7, 11) is 0. The van der Waals surface area contributed by atoms with Crippen molar-refractivity contribution in [2.24, 2.45) is 0 Å². The number of nitrogens with zero attached hydrogens (tertiary/aromatic N) is 2. The second-order valence-electron chi connectivity index (χ2n) is 7.43. The lowest BCUT2D eigenvalue weighted by Crippen LogP contribution is -2.52. The van der Waals surface area contributed by atoms with E-state index >= 15 is 0 Å². The van der Waals surface area contributed by atoms with Crippen LogP contribution in [0.15, 0.2) is 33.5 Å². The Morgan fingerprint density at radius 2 is 1.70 bits per heavy atom. The molecule has 144 valence electrons. The van der Waals surface area contributed by atoms with Gasteiger partial charge in [0.2, 0.25) is 0 Å². The van der Waals surface area contributed by atoms with Crippen LogP contribution >= 0.6 is 0 Å². The summed E-state index contributed by atoms with van der Waals surface area (Å²) in [5.41, 5.74) is -1.19. The smallest absolute Gasteiger partial charge is 0.410 e. The molecule has 1 N–H and O–H groups in total. The summed E-state index contributed by atoms with van der Waals surface area (Å²) < 4.78 is 10.5. The fourth-order valence-electron chi connectivity index (χ4n) is 2.84. The number of amides is 2. The van der Waals surface area contributed by atoms with Crippen LogP contribution in [0.3, 0.4) is 0 Å². The van der Waals surface area contributed by atoms with E-state index in [1.807, 2.05) is 0 Å². The third kappa shape index (κ3) is 4.21. The van der Waals surface area contributed by atoms with Crippen molar-refractivity contribution in [3.8, 4) is 5.75 Å². The standard InChI is InChI=1S/C19H22N2O6/c1-19(2,3)27-18(25)21-8-6-20(7-9-21)16(23)14-10-12-4-5-13(22)11-15(12)26-17(14)24/h4-5,10-11,22H,6-9H2,1-3H3. The second-order valence-corrected chi connectivity index (χ2v) is 7.43. The summed E-state index contributed by atoms with van der Waals surface area (Å²) in [6.07, 6.45) is -0.417. The van der Waals surface area contributed by atoms with E-state index in [1.165, 1.54) is 23.1 Å². The lowest BCUT2D eigenvalue weighted by molar-refractivity contribution is 0.0140. The number of aromatic hydroxyl groups is 1. The fourth-order valence-corrected chi connectivity index (χ4v) is 2.84. The van der Waals surface area contributed by atoms with E-state index in [0.29, 0.717) is 31.6 Å². The van der Waals surface area contributed by atoms with Crippen LogP contribution < -0.4 is 5.63 Å². The number of fused-ring (bicyclic) bond motifs is 1. The molecular weight excluding hydrogens is 352 g/mol. The van der Waals surface area contributed by atoms with Gasteiger partial charge in [0, 0.05) is 37.6 Å². The third-order valence-electron chi connectivity index (χ3n) is 4.17. The average molecular weight is 374 g/mol. The van der Waals surface area contributed by atoms with Crippen molar-refractivity contribution in [3.63, 3.8) is 0 Å². The van der Waals surface area contributed by atoms with Gasteiger partial charge in [-0.25, -0.2) is 9.59 Å². The molecule has 27 heavy (non-hydrogen) atoms. The molecule has 1 aliphatic heterocycles. The molecule has 1 fully saturated rings. The Labute approximate surface area is 155 Å². The lowest BCUT2D eigenvalue weighted by Gasteiger charge is -2.35. The number of hydrogen-bond donors (Lipinski definition) is 1. The van der Waals surface area contributed by atoms with Crippen LogP contribution in [0, 0.1) is 0 Å². The van der Waals surface area contributed by atoms with Crippen LogP contribution in [-0.2, 0) is 4.74 Å². The van der Waals surface area contributed by atoms with Gasteiger partial charge >= 0.3 is 11.7 Å². The highest BCUT2D eigenvalue weighted by atomic mass is 16.6.